The van der Waals surface area contributed by atoms with Gasteiger partial charge in [0.25, 0.3) is 0 Å². The molecule has 1 amide bonds. The van der Waals surface area contributed by atoms with E-state index in [0.717, 1.165) is 0 Å². The number of hydrogen-bond acceptors (Lipinski definition) is 1. The third-order valence-corrected chi connectivity index (χ3v) is 0.398. The Morgan fingerprint density at radius 2 is 2.57 bits per heavy atom. The molecule has 0 bridgehead atoms. The maximum Gasteiger partial charge on any atom is 0.404 e. The lowest BCUT2D eigenvalue weighted by Gasteiger charge is -1.88. The zero-order chi connectivity index (χ0) is 5.70. The molecule has 0 unspecified atom stereocenters. The molecule has 0 atom stereocenters. The van der Waals surface area contributed by atoms with Gasteiger partial charge in [0.15, 0.2) is 0 Å². The Labute approximate surface area is 41.7 Å². The van der Waals surface area contributed by atoms with Crippen LogP contribution in [0.2, 0.25) is 0 Å². The van der Waals surface area contributed by atoms with Crippen LogP contribution in [-0.2, 0) is 0 Å². The van der Waals surface area contributed by atoms with Gasteiger partial charge in [-0.3, -0.25) is 0 Å². The van der Waals surface area contributed by atoms with Crippen LogP contribution in [0.4, 0.5) is 4.79 Å². The van der Waals surface area contributed by atoms with E-state index < -0.39 is 6.09 Å². The topological polar surface area (TPSA) is 49.3 Å². The molecule has 2 N–H and O–H groups in total. The van der Waals surface area contributed by atoms with Gasteiger partial charge in [0.1, 0.15) is 0 Å². The highest BCUT2D eigenvalue weighted by molar-refractivity contribution is 5.64. The first-order valence-corrected chi connectivity index (χ1v) is 1.85. The molecule has 0 saturated carbocycles. The Hall–Kier alpha value is -0.990. The van der Waals surface area contributed by atoms with Gasteiger partial charge in [0, 0.05) is 6.54 Å². The van der Waals surface area contributed by atoms with Gasteiger partial charge in [-0.15, -0.1) is 6.58 Å². The van der Waals surface area contributed by atoms with Crippen molar-refractivity contribution in [2.24, 2.45) is 0 Å². The molecule has 0 rings (SSSR count). The lowest BCUT2D eigenvalue weighted by Crippen LogP contribution is -2.19. The zero-order valence-electron chi connectivity index (χ0n) is 3.85. The lowest BCUT2D eigenvalue weighted by molar-refractivity contribution is 0.195. The minimum absolute atomic E-state index is 0.315. The van der Waals surface area contributed by atoms with E-state index in [2.05, 4.69) is 11.9 Å². The molecular weight excluding hydrogens is 96.0 g/mol. The molecule has 0 aromatic heterocycles. The summed E-state index contributed by atoms with van der Waals surface area (Å²) in [5.41, 5.74) is 0. The summed E-state index contributed by atoms with van der Waals surface area (Å²) < 4.78 is 0. The van der Waals surface area contributed by atoms with E-state index in [1.807, 2.05) is 0 Å². The summed E-state index contributed by atoms with van der Waals surface area (Å²) >= 11 is 0. The van der Waals surface area contributed by atoms with Gasteiger partial charge in [-0.1, -0.05) is 6.08 Å². The Bertz CT molecular complexity index is 79.8. The van der Waals surface area contributed by atoms with Crippen LogP contribution in [0.5, 0.6) is 0 Å². The van der Waals surface area contributed by atoms with Gasteiger partial charge in [-0.25, -0.2) is 4.79 Å². The smallest absolute Gasteiger partial charge is 0.404 e. The average molecular weight is 103 g/mol. The van der Waals surface area contributed by atoms with Crippen LogP contribution in [0.25, 0.3) is 0 Å². The molecule has 0 aliphatic rings. The second-order valence-electron chi connectivity index (χ2n) is 0.975. The number of hydrogen-bond donors (Lipinski definition) is 2. The van der Waals surface area contributed by atoms with Crippen molar-refractivity contribution in [1.29, 1.82) is 0 Å². The SMILES string of the molecule is C=CCN[14C](=O)O. The summed E-state index contributed by atoms with van der Waals surface area (Å²) in [5.74, 6) is 0. The summed E-state index contributed by atoms with van der Waals surface area (Å²) in [6, 6.07) is 0. The highest BCUT2D eigenvalue weighted by atomic mass is 16.7. The molecule has 0 fully saturated rings. The monoisotopic (exact) mass is 103 g/mol. The minimum atomic E-state index is -1.01. The van der Waals surface area contributed by atoms with Crippen LogP contribution in [-0.4, -0.2) is 17.7 Å². The van der Waals surface area contributed by atoms with Crippen molar-refractivity contribution in [3.8, 4) is 0 Å². The molecule has 3 heteroatoms. The van der Waals surface area contributed by atoms with Gasteiger partial charge in [-0.05, 0) is 0 Å². The molecular formula is C4H7NO2. The number of carbonyl (C=O) groups is 1. The van der Waals surface area contributed by atoms with Gasteiger partial charge < -0.3 is 10.4 Å². The Balaban J connectivity index is 2.97. The largest absolute Gasteiger partial charge is 0.465 e. The van der Waals surface area contributed by atoms with E-state index in [1.165, 1.54) is 6.08 Å². The Morgan fingerprint density at radius 1 is 2.00 bits per heavy atom. The second-order valence-corrected chi connectivity index (χ2v) is 0.975. The van der Waals surface area contributed by atoms with Crippen LogP contribution >= 0.6 is 0 Å². The zero-order valence-corrected chi connectivity index (χ0v) is 3.85. The molecule has 0 aliphatic heterocycles. The first kappa shape index (κ1) is 6.01. The molecule has 0 aliphatic carbocycles. The predicted octanol–water partition coefficient (Wildman–Crippen LogP) is 0.440. The van der Waals surface area contributed by atoms with Crippen LogP contribution in [0.3, 0.4) is 0 Å². The Morgan fingerprint density at radius 3 is 2.71 bits per heavy atom. The average Bonchev–Trinajstić information content (AvgIpc) is 1.61. The molecule has 0 aromatic carbocycles. The highest BCUT2D eigenvalue weighted by Crippen LogP contribution is 1.59. The molecule has 0 saturated heterocycles. The molecule has 40 valence electrons. The predicted molar refractivity (Wildman–Crippen MR) is 26.2 cm³/mol. The number of carboxylic acid groups (broad SMARTS) is 1. The Kier molecular flexibility index (Phi) is 2.76. The van der Waals surface area contributed by atoms with Crippen LogP contribution in [0, 0.1) is 0 Å². The van der Waals surface area contributed by atoms with E-state index in [0.29, 0.717) is 6.54 Å². The minimum Gasteiger partial charge on any atom is -0.465 e. The van der Waals surface area contributed by atoms with Crippen molar-refractivity contribution in [1.82, 2.24) is 5.32 Å². The van der Waals surface area contributed by atoms with E-state index in [1.54, 1.807) is 0 Å². The van der Waals surface area contributed by atoms with Crippen molar-refractivity contribution < 1.29 is 9.90 Å². The van der Waals surface area contributed by atoms with Gasteiger partial charge >= 0.3 is 6.09 Å². The fraction of sp³-hybridized carbons (Fsp3) is 0.250. The molecule has 0 spiro atoms. The van der Waals surface area contributed by atoms with Crippen molar-refractivity contribution in [2.45, 2.75) is 0 Å². The maximum absolute atomic E-state index is 9.60. The van der Waals surface area contributed by atoms with Crippen molar-refractivity contribution in [3.63, 3.8) is 0 Å². The van der Waals surface area contributed by atoms with Crippen LogP contribution in [0.1, 0.15) is 0 Å². The quantitative estimate of drug-likeness (QED) is 0.498. The summed E-state index contributed by atoms with van der Waals surface area (Å²) in [4.78, 5) is 9.60. The fourth-order valence-corrected chi connectivity index (χ4v) is 0.159. The fourth-order valence-electron chi connectivity index (χ4n) is 0.159. The van der Waals surface area contributed by atoms with E-state index in [-0.39, 0.29) is 0 Å². The molecule has 3 nitrogen and oxygen atoms in total. The summed E-state index contributed by atoms with van der Waals surface area (Å²) in [6.45, 7) is 3.62. The number of amides is 1. The normalized spacial score (nSPS) is 7.43. The van der Waals surface area contributed by atoms with Gasteiger partial charge in [-0.2, -0.15) is 0 Å². The maximum atomic E-state index is 9.60. The third-order valence-electron chi connectivity index (χ3n) is 0.398. The first-order valence-electron chi connectivity index (χ1n) is 1.85. The van der Waals surface area contributed by atoms with Crippen molar-refractivity contribution in [3.05, 3.63) is 12.7 Å². The first-order chi connectivity index (χ1) is 3.27. The van der Waals surface area contributed by atoms with E-state index >= 15 is 0 Å². The van der Waals surface area contributed by atoms with E-state index in [9.17, 15) is 4.79 Å². The molecule has 0 heterocycles. The van der Waals surface area contributed by atoms with Crippen molar-refractivity contribution >= 4 is 6.09 Å². The van der Waals surface area contributed by atoms with Gasteiger partial charge in [0.05, 0.1) is 0 Å². The molecule has 7 heavy (non-hydrogen) atoms. The summed E-state index contributed by atoms with van der Waals surface area (Å²) in [5, 5.41) is 9.98. The van der Waals surface area contributed by atoms with Crippen molar-refractivity contribution in [2.75, 3.05) is 6.54 Å². The standard InChI is InChI=1S/C4H7NO2/c1-2-3-5-4(6)7/h2,5H,1,3H2,(H,6,7)/i4+2. The number of nitrogens with one attached hydrogen (secondary N) is 1. The molecule has 0 radical (unpaired) electrons. The van der Waals surface area contributed by atoms with Crippen LogP contribution in [0.15, 0.2) is 12.7 Å². The van der Waals surface area contributed by atoms with E-state index in [4.69, 9.17) is 5.11 Å². The summed E-state index contributed by atoms with van der Waals surface area (Å²) in [7, 11) is 0. The summed E-state index contributed by atoms with van der Waals surface area (Å²) in [6.07, 6.45) is 0.466. The second kappa shape index (κ2) is 3.21. The number of rotatable bonds is 2. The molecule has 0 aromatic rings. The van der Waals surface area contributed by atoms with Gasteiger partial charge in [0.2, 0.25) is 0 Å². The third kappa shape index (κ3) is 5.01. The lowest BCUT2D eigenvalue weighted by atomic mass is 10.7. The highest BCUT2D eigenvalue weighted by Gasteiger charge is 1.84. The van der Waals surface area contributed by atoms with Crippen LogP contribution < -0.4 is 5.32 Å².